The van der Waals surface area contributed by atoms with Crippen LogP contribution in [0.15, 0.2) is 62.5 Å². The number of nitrogens with zero attached hydrogens (tertiary/aromatic N) is 3. The Morgan fingerprint density at radius 3 is 2.67 bits per heavy atom. The Morgan fingerprint density at radius 2 is 1.87 bits per heavy atom. The summed E-state index contributed by atoms with van der Waals surface area (Å²) in [7, 11) is 0. The van der Waals surface area contributed by atoms with Gasteiger partial charge in [-0.25, -0.2) is 9.78 Å². The molecule has 0 radical (unpaired) electrons. The molecule has 0 aliphatic rings. The molecule has 1 amide bonds. The number of hydrogen-bond acceptors (Lipinski definition) is 5. The highest BCUT2D eigenvalue weighted by Crippen LogP contribution is 2.14. The first-order valence-electron chi connectivity index (χ1n) is 9.80. The van der Waals surface area contributed by atoms with Crippen LogP contribution in [-0.2, 0) is 17.9 Å². The van der Waals surface area contributed by atoms with Crippen LogP contribution in [0.3, 0.4) is 0 Å². The Morgan fingerprint density at radius 1 is 1.13 bits per heavy atom. The van der Waals surface area contributed by atoms with E-state index < -0.39 is 5.76 Å². The van der Waals surface area contributed by atoms with E-state index in [-0.39, 0.29) is 37.0 Å². The molecule has 0 unspecified atom stereocenters. The van der Waals surface area contributed by atoms with Crippen molar-refractivity contribution in [3.8, 4) is 0 Å². The van der Waals surface area contributed by atoms with E-state index in [4.69, 9.17) is 4.42 Å². The SMILES string of the molecule is CC(C)N(Cc1nc2ccccc2c(=O)[nH]1)C(=O)CCn1c(=O)oc2ccccc21. The van der Waals surface area contributed by atoms with Gasteiger partial charge < -0.3 is 14.3 Å². The van der Waals surface area contributed by atoms with Gasteiger partial charge in [-0.1, -0.05) is 24.3 Å². The average molecular weight is 406 g/mol. The molecule has 0 saturated heterocycles. The number of H-pyrrole nitrogens is 1. The van der Waals surface area contributed by atoms with Crippen molar-refractivity contribution in [3.05, 3.63) is 75.3 Å². The molecule has 0 spiro atoms. The van der Waals surface area contributed by atoms with Gasteiger partial charge in [-0.2, -0.15) is 0 Å². The third-order valence-corrected chi connectivity index (χ3v) is 5.05. The second-order valence-corrected chi connectivity index (χ2v) is 7.38. The topological polar surface area (TPSA) is 101 Å². The fourth-order valence-electron chi connectivity index (χ4n) is 3.51. The lowest BCUT2D eigenvalue weighted by Gasteiger charge is -2.26. The van der Waals surface area contributed by atoms with Crippen LogP contribution in [0.25, 0.3) is 22.0 Å². The third kappa shape index (κ3) is 3.76. The van der Waals surface area contributed by atoms with E-state index >= 15 is 0 Å². The van der Waals surface area contributed by atoms with Gasteiger partial charge in [0.2, 0.25) is 5.91 Å². The number of nitrogens with one attached hydrogen (secondary N) is 1. The van der Waals surface area contributed by atoms with E-state index in [1.807, 2.05) is 26.0 Å². The molecule has 0 fully saturated rings. The predicted molar refractivity (Wildman–Crippen MR) is 113 cm³/mol. The lowest BCUT2D eigenvalue weighted by Crippen LogP contribution is -2.38. The number of benzene rings is 2. The van der Waals surface area contributed by atoms with E-state index in [1.165, 1.54) is 4.57 Å². The van der Waals surface area contributed by atoms with Crippen molar-refractivity contribution in [1.29, 1.82) is 0 Å². The van der Waals surface area contributed by atoms with Gasteiger partial charge in [-0.05, 0) is 38.1 Å². The number of aromatic nitrogens is 3. The number of amides is 1. The van der Waals surface area contributed by atoms with Crippen molar-refractivity contribution in [1.82, 2.24) is 19.4 Å². The van der Waals surface area contributed by atoms with Gasteiger partial charge in [-0.3, -0.25) is 14.2 Å². The van der Waals surface area contributed by atoms with Crippen LogP contribution < -0.4 is 11.3 Å². The van der Waals surface area contributed by atoms with Crippen LogP contribution in [0.2, 0.25) is 0 Å². The Hall–Kier alpha value is -3.68. The quantitative estimate of drug-likeness (QED) is 0.530. The number of carbonyl (C=O) groups is 1. The molecule has 0 aliphatic carbocycles. The van der Waals surface area contributed by atoms with Gasteiger partial charge in [0.1, 0.15) is 5.82 Å². The summed E-state index contributed by atoms with van der Waals surface area (Å²) in [6.45, 7) is 4.18. The maximum atomic E-state index is 12.9. The minimum absolute atomic E-state index is 0.105. The van der Waals surface area contributed by atoms with Crippen molar-refractivity contribution in [2.75, 3.05) is 0 Å². The van der Waals surface area contributed by atoms with Gasteiger partial charge >= 0.3 is 5.76 Å². The summed E-state index contributed by atoms with van der Waals surface area (Å²) in [5.74, 6) is -0.203. The first-order valence-corrected chi connectivity index (χ1v) is 9.80. The summed E-state index contributed by atoms with van der Waals surface area (Å²) < 4.78 is 6.68. The highest BCUT2D eigenvalue weighted by atomic mass is 16.4. The second-order valence-electron chi connectivity index (χ2n) is 7.38. The molecule has 154 valence electrons. The molecular weight excluding hydrogens is 384 g/mol. The molecule has 0 bridgehead atoms. The van der Waals surface area contributed by atoms with Crippen molar-refractivity contribution < 1.29 is 9.21 Å². The zero-order chi connectivity index (χ0) is 21.3. The highest BCUT2D eigenvalue weighted by molar-refractivity contribution is 5.78. The first-order chi connectivity index (χ1) is 14.4. The molecule has 2 aromatic carbocycles. The van der Waals surface area contributed by atoms with E-state index in [1.54, 1.807) is 41.3 Å². The van der Waals surface area contributed by atoms with Crippen molar-refractivity contribution >= 4 is 27.9 Å². The lowest BCUT2D eigenvalue weighted by molar-refractivity contribution is -0.133. The molecule has 8 heteroatoms. The summed E-state index contributed by atoms with van der Waals surface area (Å²) in [5, 5.41) is 0.509. The Balaban J connectivity index is 1.54. The van der Waals surface area contributed by atoms with Gasteiger partial charge in [0, 0.05) is 19.0 Å². The third-order valence-electron chi connectivity index (χ3n) is 5.05. The lowest BCUT2D eigenvalue weighted by atomic mass is 10.2. The summed E-state index contributed by atoms with van der Waals surface area (Å²) in [5.41, 5.74) is 1.51. The normalized spacial score (nSPS) is 11.4. The molecule has 2 heterocycles. The van der Waals surface area contributed by atoms with Crippen LogP contribution in [-0.4, -0.2) is 31.4 Å². The number of oxazole rings is 1. The number of aryl methyl sites for hydroxylation is 1. The molecule has 0 atom stereocenters. The van der Waals surface area contributed by atoms with E-state index in [0.29, 0.717) is 27.8 Å². The van der Waals surface area contributed by atoms with Gasteiger partial charge in [0.25, 0.3) is 5.56 Å². The monoisotopic (exact) mass is 406 g/mol. The Kier molecular flexibility index (Phi) is 5.22. The smallest absolute Gasteiger partial charge is 0.408 e. The largest absolute Gasteiger partial charge is 0.419 e. The molecular formula is C22H22N4O4. The molecule has 8 nitrogen and oxygen atoms in total. The van der Waals surface area contributed by atoms with E-state index in [9.17, 15) is 14.4 Å². The molecule has 4 aromatic rings. The number of rotatable bonds is 6. The summed E-state index contributed by atoms with van der Waals surface area (Å²) >= 11 is 0. The van der Waals surface area contributed by atoms with Crippen LogP contribution in [0.5, 0.6) is 0 Å². The maximum absolute atomic E-state index is 12.9. The fourth-order valence-corrected chi connectivity index (χ4v) is 3.51. The second kappa shape index (κ2) is 7.98. The van der Waals surface area contributed by atoms with Crippen molar-refractivity contribution in [2.24, 2.45) is 0 Å². The summed E-state index contributed by atoms with van der Waals surface area (Å²) in [4.78, 5) is 46.3. The first kappa shape index (κ1) is 19.6. The minimum atomic E-state index is -0.486. The predicted octanol–water partition coefficient (Wildman–Crippen LogP) is 2.66. The number of hydrogen-bond donors (Lipinski definition) is 1. The maximum Gasteiger partial charge on any atom is 0.419 e. The molecule has 30 heavy (non-hydrogen) atoms. The number of aromatic amines is 1. The zero-order valence-electron chi connectivity index (χ0n) is 16.8. The van der Waals surface area contributed by atoms with Gasteiger partial charge in [-0.15, -0.1) is 0 Å². The molecule has 2 aromatic heterocycles. The van der Waals surface area contributed by atoms with Crippen molar-refractivity contribution in [3.63, 3.8) is 0 Å². The highest BCUT2D eigenvalue weighted by Gasteiger charge is 2.20. The van der Waals surface area contributed by atoms with E-state index in [2.05, 4.69) is 9.97 Å². The molecule has 1 N–H and O–H groups in total. The van der Waals surface area contributed by atoms with Crippen molar-refractivity contribution in [2.45, 2.75) is 39.4 Å². The van der Waals surface area contributed by atoms with Crippen LogP contribution in [0.1, 0.15) is 26.1 Å². The van der Waals surface area contributed by atoms with Crippen LogP contribution in [0.4, 0.5) is 0 Å². The Bertz CT molecular complexity index is 1330. The number of para-hydroxylation sites is 3. The Labute approximate surface area is 171 Å². The summed E-state index contributed by atoms with van der Waals surface area (Å²) in [6.07, 6.45) is 0.124. The number of carbonyl (C=O) groups excluding carboxylic acids is 1. The van der Waals surface area contributed by atoms with E-state index in [0.717, 1.165) is 0 Å². The van der Waals surface area contributed by atoms with Gasteiger partial charge in [0.05, 0.1) is 23.0 Å². The average Bonchev–Trinajstić information content (AvgIpc) is 3.05. The van der Waals surface area contributed by atoms with Crippen LogP contribution in [0, 0.1) is 0 Å². The standard InChI is InChI=1S/C22H22N4O4/c1-14(2)26(13-19-23-16-8-4-3-7-15(16)21(28)24-19)20(27)11-12-25-17-9-5-6-10-18(17)30-22(25)29/h3-10,14H,11-13H2,1-2H3,(H,23,24,28). The van der Waals surface area contributed by atoms with Gasteiger partial charge in [0.15, 0.2) is 5.58 Å². The number of fused-ring (bicyclic) bond motifs is 2. The summed E-state index contributed by atoms with van der Waals surface area (Å²) in [6, 6.07) is 14.1. The molecule has 0 aliphatic heterocycles. The zero-order valence-corrected chi connectivity index (χ0v) is 16.8. The molecule has 4 rings (SSSR count). The minimum Gasteiger partial charge on any atom is -0.408 e. The fraction of sp³-hybridized carbons (Fsp3) is 0.273. The molecule has 0 saturated carbocycles. The van der Waals surface area contributed by atoms with Crippen LogP contribution >= 0.6 is 0 Å².